The molecule has 3 nitrogen and oxygen atoms in total. The van der Waals surface area contributed by atoms with Crippen molar-refractivity contribution in [1.82, 2.24) is 0 Å². The Morgan fingerprint density at radius 3 is 1.57 bits per heavy atom. The van der Waals surface area contributed by atoms with Crippen LogP contribution in [-0.4, -0.2) is 27.8 Å². The van der Waals surface area contributed by atoms with Crippen LogP contribution in [0.5, 0.6) is 0 Å². The van der Waals surface area contributed by atoms with Gasteiger partial charge in [-0.15, -0.1) is 0 Å². The molecule has 0 bridgehead atoms. The SMILES string of the molecule is CO[Si](O)(OC)C1CCC(c2c(F)c(F)c(F)c(F)c2F)CC1. The van der Waals surface area contributed by atoms with Gasteiger partial charge in [-0.3, -0.25) is 0 Å². The van der Waals surface area contributed by atoms with Crippen LogP contribution in [0.25, 0.3) is 0 Å². The second-order valence-electron chi connectivity index (χ2n) is 5.57. The predicted octanol–water partition coefficient (Wildman–Crippen LogP) is 3.63. The lowest BCUT2D eigenvalue weighted by Gasteiger charge is -2.35. The van der Waals surface area contributed by atoms with Crippen molar-refractivity contribution in [3.05, 3.63) is 34.6 Å². The van der Waals surface area contributed by atoms with E-state index >= 15 is 0 Å². The molecule has 0 spiro atoms. The van der Waals surface area contributed by atoms with Crippen LogP contribution in [0.2, 0.25) is 5.54 Å². The Balaban J connectivity index is 2.25. The van der Waals surface area contributed by atoms with Gasteiger partial charge in [0.05, 0.1) is 0 Å². The van der Waals surface area contributed by atoms with E-state index in [2.05, 4.69) is 0 Å². The van der Waals surface area contributed by atoms with Gasteiger partial charge in [0.15, 0.2) is 23.3 Å². The highest BCUT2D eigenvalue weighted by molar-refractivity contribution is 6.60. The van der Waals surface area contributed by atoms with Crippen molar-refractivity contribution in [2.75, 3.05) is 14.2 Å². The second-order valence-corrected chi connectivity index (χ2v) is 8.47. The van der Waals surface area contributed by atoms with E-state index in [-0.39, 0.29) is 18.4 Å². The molecule has 1 aliphatic carbocycles. The number of benzene rings is 1. The van der Waals surface area contributed by atoms with Crippen molar-refractivity contribution in [1.29, 1.82) is 0 Å². The van der Waals surface area contributed by atoms with Crippen molar-refractivity contribution in [2.45, 2.75) is 37.1 Å². The number of rotatable bonds is 4. The molecule has 1 aliphatic rings. The van der Waals surface area contributed by atoms with Crippen LogP contribution in [0.4, 0.5) is 22.0 Å². The number of hydrogen-bond donors (Lipinski definition) is 1. The Morgan fingerprint density at radius 1 is 0.783 bits per heavy atom. The fourth-order valence-electron chi connectivity index (χ4n) is 3.14. The van der Waals surface area contributed by atoms with Gasteiger partial charge in [-0.1, -0.05) is 0 Å². The first-order valence-corrected chi connectivity index (χ1v) is 8.94. The van der Waals surface area contributed by atoms with E-state index in [9.17, 15) is 26.7 Å². The van der Waals surface area contributed by atoms with Gasteiger partial charge >= 0.3 is 8.80 Å². The summed E-state index contributed by atoms with van der Waals surface area (Å²) in [4.78, 5) is 10.2. The molecule has 0 saturated heterocycles. The quantitative estimate of drug-likeness (QED) is 0.388. The lowest BCUT2D eigenvalue weighted by molar-refractivity contribution is 0.128. The summed E-state index contributed by atoms with van der Waals surface area (Å²) in [5, 5.41) is 0. The Hall–Kier alpha value is -1.03. The summed E-state index contributed by atoms with van der Waals surface area (Å²) in [6.07, 6.45) is 0.971. The smallest absolute Gasteiger partial charge is 0.390 e. The van der Waals surface area contributed by atoms with Crippen molar-refractivity contribution >= 4 is 8.80 Å². The minimum atomic E-state index is -3.38. The summed E-state index contributed by atoms with van der Waals surface area (Å²) in [5.74, 6) is -10.4. The van der Waals surface area contributed by atoms with Crippen LogP contribution < -0.4 is 0 Å². The maximum Gasteiger partial charge on any atom is 0.500 e. The molecule has 1 saturated carbocycles. The van der Waals surface area contributed by atoms with Crippen molar-refractivity contribution in [2.24, 2.45) is 0 Å². The molecule has 0 heterocycles. The average Bonchev–Trinajstić information content (AvgIpc) is 2.58. The summed E-state index contributed by atoms with van der Waals surface area (Å²) in [6.45, 7) is 0. The van der Waals surface area contributed by atoms with E-state index in [4.69, 9.17) is 8.85 Å². The molecule has 0 radical (unpaired) electrons. The molecule has 1 aromatic carbocycles. The predicted molar refractivity (Wildman–Crippen MR) is 73.2 cm³/mol. The average molecular weight is 356 g/mol. The lowest BCUT2D eigenvalue weighted by atomic mass is 9.83. The van der Waals surface area contributed by atoms with E-state index < -0.39 is 49.4 Å². The highest BCUT2D eigenvalue weighted by Gasteiger charge is 2.46. The third-order valence-electron chi connectivity index (χ3n) is 4.48. The summed E-state index contributed by atoms with van der Waals surface area (Å²) in [7, 11) is -0.758. The molecule has 9 heteroatoms. The van der Waals surface area contributed by atoms with Gasteiger partial charge in [0, 0.05) is 25.3 Å². The molecule has 0 aromatic heterocycles. The molecule has 23 heavy (non-hydrogen) atoms. The summed E-state index contributed by atoms with van der Waals surface area (Å²) >= 11 is 0. The van der Waals surface area contributed by atoms with Gasteiger partial charge in [0.25, 0.3) is 0 Å². The van der Waals surface area contributed by atoms with Crippen LogP contribution in [0.3, 0.4) is 0 Å². The topological polar surface area (TPSA) is 38.7 Å². The van der Waals surface area contributed by atoms with E-state index in [1.54, 1.807) is 0 Å². The highest BCUT2D eigenvalue weighted by Crippen LogP contribution is 2.44. The molecule has 0 amide bonds. The summed E-state index contributed by atoms with van der Waals surface area (Å²) in [6, 6.07) is 0. The molecular weight excluding hydrogens is 339 g/mol. The fourth-order valence-corrected chi connectivity index (χ4v) is 5.04. The number of hydrogen-bond acceptors (Lipinski definition) is 3. The van der Waals surface area contributed by atoms with Crippen LogP contribution in [0, 0.1) is 29.1 Å². The Bertz CT molecular complexity index is 557. The normalized spacial score (nSPS) is 22.4. The van der Waals surface area contributed by atoms with E-state index in [1.807, 2.05) is 0 Å². The van der Waals surface area contributed by atoms with Crippen molar-refractivity contribution in [3.8, 4) is 0 Å². The maximum absolute atomic E-state index is 13.8. The highest BCUT2D eigenvalue weighted by atomic mass is 28.4. The van der Waals surface area contributed by atoms with Crippen LogP contribution in [0.1, 0.15) is 37.2 Å². The Labute approximate surface area is 131 Å². The first-order chi connectivity index (χ1) is 10.8. The molecule has 2 rings (SSSR count). The third kappa shape index (κ3) is 3.15. The maximum atomic E-state index is 13.8. The minimum absolute atomic E-state index is 0.172. The molecule has 130 valence electrons. The monoisotopic (exact) mass is 356 g/mol. The van der Waals surface area contributed by atoms with Gasteiger partial charge in [0.1, 0.15) is 0 Å². The molecule has 1 N–H and O–H groups in total. The standard InChI is InChI=1S/C14H17F5O3Si/c1-21-23(20,22-2)8-5-3-7(4-6-8)9-10(15)12(17)14(19)13(18)11(9)16/h7-8,20H,3-6H2,1-2H3. The Kier molecular flexibility index (Phi) is 5.44. The van der Waals surface area contributed by atoms with Gasteiger partial charge < -0.3 is 13.6 Å². The molecule has 1 aromatic rings. The zero-order valence-electron chi connectivity index (χ0n) is 12.6. The van der Waals surface area contributed by atoms with Crippen LogP contribution >= 0.6 is 0 Å². The van der Waals surface area contributed by atoms with Crippen LogP contribution in [0.15, 0.2) is 0 Å². The fraction of sp³-hybridized carbons (Fsp3) is 0.571. The van der Waals surface area contributed by atoms with Gasteiger partial charge in [-0.25, -0.2) is 22.0 Å². The zero-order valence-corrected chi connectivity index (χ0v) is 13.6. The summed E-state index contributed by atoms with van der Waals surface area (Å²) < 4.78 is 77.4. The second kappa shape index (κ2) is 6.84. The summed E-state index contributed by atoms with van der Waals surface area (Å²) in [5.41, 5.74) is -1.10. The van der Waals surface area contributed by atoms with Crippen LogP contribution in [-0.2, 0) is 8.85 Å². The molecular formula is C14H17F5O3Si. The Morgan fingerprint density at radius 2 is 1.17 bits per heavy atom. The molecule has 0 unspecified atom stereocenters. The van der Waals surface area contributed by atoms with Gasteiger partial charge in [0.2, 0.25) is 5.82 Å². The van der Waals surface area contributed by atoms with Crippen molar-refractivity contribution in [3.63, 3.8) is 0 Å². The molecule has 0 atom stereocenters. The zero-order chi connectivity index (χ0) is 17.4. The van der Waals surface area contributed by atoms with E-state index in [0.717, 1.165) is 0 Å². The van der Waals surface area contributed by atoms with E-state index in [1.165, 1.54) is 14.2 Å². The minimum Gasteiger partial charge on any atom is -0.390 e. The van der Waals surface area contributed by atoms with E-state index in [0.29, 0.717) is 12.8 Å². The first kappa shape index (κ1) is 18.3. The number of halogens is 5. The third-order valence-corrected chi connectivity index (χ3v) is 7.26. The van der Waals surface area contributed by atoms with Gasteiger partial charge in [-0.05, 0) is 31.6 Å². The van der Waals surface area contributed by atoms with Crippen molar-refractivity contribution < 1.29 is 35.6 Å². The molecule has 0 aliphatic heterocycles. The first-order valence-electron chi connectivity index (χ1n) is 7.10. The molecule has 1 fully saturated rings. The van der Waals surface area contributed by atoms with Gasteiger partial charge in [-0.2, -0.15) is 0 Å². The lowest BCUT2D eigenvalue weighted by Crippen LogP contribution is -2.46. The largest absolute Gasteiger partial charge is 0.500 e.